The average Bonchev–Trinajstić information content (AvgIpc) is 2.99. The Morgan fingerprint density at radius 2 is 0.875 bits per heavy atom. The molecule has 2 N–H and O–H groups in total. The van der Waals surface area contributed by atoms with E-state index in [2.05, 4.69) is 130 Å². The van der Waals surface area contributed by atoms with Crippen molar-refractivity contribution in [3.8, 4) is 33.8 Å². The molecular formula is C36H26Br2O2. The molecule has 40 heavy (non-hydrogen) atoms. The maximum absolute atomic E-state index is 10.1. The van der Waals surface area contributed by atoms with E-state index in [4.69, 9.17) is 0 Å². The molecule has 0 heterocycles. The van der Waals surface area contributed by atoms with Crippen LogP contribution in [0.5, 0.6) is 11.5 Å². The van der Waals surface area contributed by atoms with Gasteiger partial charge in [0.05, 0.1) is 8.95 Å². The minimum Gasteiger partial charge on any atom is -0.507 e. The molecule has 0 aliphatic carbocycles. The van der Waals surface area contributed by atoms with Crippen LogP contribution in [0.25, 0.3) is 33.0 Å². The zero-order valence-corrected chi connectivity index (χ0v) is 24.9. The first-order valence-corrected chi connectivity index (χ1v) is 14.6. The van der Waals surface area contributed by atoms with Crippen LogP contribution >= 0.6 is 31.9 Å². The van der Waals surface area contributed by atoms with Crippen molar-refractivity contribution in [1.29, 1.82) is 0 Å². The summed E-state index contributed by atoms with van der Waals surface area (Å²) in [6, 6.07) is 43.6. The van der Waals surface area contributed by atoms with Crippen molar-refractivity contribution in [2.24, 2.45) is 0 Å². The van der Waals surface area contributed by atoms with Gasteiger partial charge < -0.3 is 10.2 Å². The van der Waals surface area contributed by atoms with Crippen LogP contribution in [0.3, 0.4) is 0 Å². The molecule has 6 rings (SSSR count). The van der Waals surface area contributed by atoms with E-state index in [9.17, 15) is 10.2 Å². The van der Waals surface area contributed by atoms with Gasteiger partial charge in [-0.15, -0.1) is 0 Å². The lowest BCUT2D eigenvalue weighted by Crippen LogP contribution is -2.25. The maximum Gasteiger partial charge on any atom is 0.129 e. The van der Waals surface area contributed by atoms with E-state index in [1.54, 1.807) is 12.1 Å². The smallest absolute Gasteiger partial charge is 0.129 e. The quantitative estimate of drug-likeness (QED) is 0.182. The van der Waals surface area contributed by atoms with Crippen molar-refractivity contribution < 1.29 is 10.2 Å². The molecule has 0 atom stereocenters. The Balaban J connectivity index is 1.36. The molecule has 0 aliphatic rings. The summed E-state index contributed by atoms with van der Waals surface area (Å²) < 4.78 is 1.27. The summed E-state index contributed by atoms with van der Waals surface area (Å²) in [5.41, 5.74) is 7.27. The summed E-state index contributed by atoms with van der Waals surface area (Å²) in [5, 5.41) is 22.8. The maximum atomic E-state index is 10.1. The monoisotopic (exact) mass is 648 g/mol. The molecule has 0 radical (unpaired) electrons. The molecule has 4 heteroatoms. The van der Waals surface area contributed by atoms with Crippen molar-refractivity contribution >= 4 is 42.6 Å². The van der Waals surface area contributed by atoms with Crippen molar-refractivity contribution in [2.75, 3.05) is 0 Å². The van der Waals surface area contributed by atoms with Crippen LogP contribution < -0.4 is 0 Å². The highest BCUT2D eigenvalue weighted by Crippen LogP contribution is 2.43. The predicted molar refractivity (Wildman–Crippen MR) is 172 cm³/mol. The zero-order chi connectivity index (χ0) is 27.9. The van der Waals surface area contributed by atoms with Crippen molar-refractivity contribution in [3.05, 3.63) is 153 Å². The van der Waals surface area contributed by atoms with E-state index in [0.717, 1.165) is 27.8 Å². The first kappa shape index (κ1) is 26.4. The standard InChI is InChI=1S/C36H26Br2O2/c1-36(30-16-18-34(39)32(37)21-30,31-17-19-35(40)33(38)22-31)29-14-12-25(13-15-29)24-6-8-26(9-7-24)28-11-10-23-4-2-3-5-27(23)20-28/h2-22,39-40H,1H3. The first-order valence-electron chi connectivity index (χ1n) is 13.0. The number of phenols is 2. The van der Waals surface area contributed by atoms with E-state index in [1.807, 2.05) is 24.3 Å². The second-order valence-corrected chi connectivity index (χ2v) is 11.9. The van der Waals surface area contributed by atoms with Gasteiger partial charge >= 0.3 is 0 Å². The number of hydrogen-bond acceptors (Lipinski definition) is 2. The van der Waals surface area contributed by atoms with Crippen LogP contribution in [0.4, 0.5) is 0 Å². The Morgan fingerprint density at radius 1 is 0.450 bits per heavy atom. The van der Waals surface area contributed by atoms with E-state index in [-0.39, 0.29) is 11.5 Å². The Labute approximate surface area is 250 Å². The van der Waals surface area contributed by atoms with Gasteiger partial charge in [-0.3, -0.25) is 0 Å². The van der Waals surface area contributed by atoms with Gasteiger partial charge in [-0.25, -0.2) is 0 Å². The molecule has 0 bridgehead atoms. The molecule has 0 saturated heterocycles. The van der Waals surface area contributed by atoms with Crippen LogP contribution in [0.15, 0.2) is 136 Å². The zero-order valence-electron chi connectivity index (χ0n) is 21.8. The molecule has 2 nitrogen and oxygen atoms in total. The van der Waals surface area contributed by atoms with Crippen molar-refractivity contribution in [2.45, 2.75) is 12.3 Å². The third kappa shape index (κ3) is 4.83. The van der Waals surface area contributed by atoms with Crippen LogP contribution in [-0.4, -0.2) is 10.2 Å². The Hall–Kier alpha value is -3.86. The second kappa shape index (κ2) is 10.6. The van der Waals surface area contributed by atoms with Crippen molar-refractivity contribution in [3.63, 3.8) is 0 Å². The Kier molecular flexibility index (Phi) is 6.99. The predicted octanol–water partition coefficient (Wildman–Crippen LogP) is 10.5. The van der Waals surface area contributed by atoms with Crippen LogP contribution in [0.1, 0.15) is 23.6 Å². The van der Waals surface area contributed by atoms with Gasteiger partial charge in [0.15, 0.2) is 0 Å². The summed E-state index contributed by atoms with van der Waals surface area (Å²) in [4.78, 5) is 0. The molecule has 6 aromatic rings. The van der Waals surface area contributed by atoms with Gasteiger partial charge in [0.2, 0.25) is 0 Å². The van der Waals surface area contributed by atoms with Gasteiger partial charge in [-0.05, 0) is 119 Å². The lowest BCUT2D eigenvalue weighted by atomic mass is 9.71. The number of benzene rings is 6. The van der Waals surface area contributed by atoms with Crippen LogP contribution in [-0.2, 0) is 5.41 Å². The van der Waals surface area contributed by atoms with Gasteiger partial charge in [0, 0.05) is 5.41 Å². The normalized spacial score (nSPS) is 11.6. The number of rotatable bonds is 5. The minimum atomic E-state index is -0.537. The highest BCUT2D eigenvalue weighted by atomic mass is 79.9. The highest BCUT2D eigenvalue weighted by molar-refractivity contribution is 9.10. The molecule has 0 amide bonds. The minimum absolute atomic E-state index is 0.195. The first-order chi connectivity index (χ1) is 19.3. The van der Waals surface area contributed by atoms with Crippen molar-refractivity contribution in [1.82, 2.24) is 0 Å². The van der Waals surface area contributed by atoms with Gasteiger partial charge in [0.1, 0.15) is 11.5 Å². The van der Waals surface area contributed by atoms with Crippen LogP contribution in [0, 0.1) is 0 Å². The lowest BCUT2D eigenvalue weighted by Gasteiger charge is -2.32. The second-order valence-electron chi connectivity index (χ2n) is 10.2. The third-order valence-corrected chi connectivity index (χ3v) is 9.08. The van der Waals surface area contributed by atoms with E-state index in [0.29, 0.717) is 8.95 Å². The molecule has 6 aromatic carbocycles. The molecule has 0 fully saturated rings. The van der Waals surface area contributed by atoms with E-state index >= 15 is 0 Å². The van der Waals surface area contributed by atoms with E-state index in [1.165, 1.54) is 21.9 Å². The number of aromatic hydroxyl groups is 2. The fraction of sp³-hybridized carbons (Fsp3) is 0.0556. The largest absolute Gasteiger partial charge is 0.507 e. The molecule has 196 valence electrons. The highest BCUT2D eigenvalue weighted by Gasteiger charge is 2.32. The molecule has 0 saturated carbocycles. The molecule has 0 spiro atoms. The van der Waals surface area contributed by atoms with Gasteiger partial charge in [-0.2, -0.15) is 0 Å². The summed E-state index contributed by atoms with van der Waals surface area (Å²) in [5.74, 6) is 0.390. The summed E-state index contributed by atoms with van der Waals surface area (Å²) in [6.45, 7) is 2.16. The number of phenolic OH excluding ortho intramolecular Hbond substituents is 2. The molecule has 0 aromatic heterocycles. The van der Waals surface area contributed by atoms with Crippen LogP contribution in [0.2, 0.25) is 0 Å². The number of fused-ring (bicyclic) bond motifs is 1. The SMILES string of the molecule is CC(c1ccc(-c2ccc(-c3ccc4ccccc4c3)cc2)cc1)(c1ccc(O)c(Br)c1)c1ccc(O)c(Br)c1. The number of halogens is 2. The topological polar surface area (TPSA) is 40.5 Å². The summed E-state index contributed by atoms with van der Waals surface area (Å²) in [6.07, 6.45) is 0. The Morgan fingerprint density at radius 3 is 1.40 bits per heavy atom. The third-order valence-electron chi connectivity index (χ3n) is 7.81. The fourth-order valence-corrected chi connectivity index (χ4v) is 6.11. The molecule has 0 aliphatic heterocycles. The average molecular weight is 650 g/mol. The number of hydrogen-bond donors (Lipinski definition) is 2. The fourth-order valence-electron chi connectivity index (χ4n) is 5.36. The molecule has 0 unspecified atom stereocenters. The van der Waals surface area contributed by atoms with Gasteiger partial charge in [0.25, 0.3) is 0 Å². The van der Waals surface area contributed by atoms with Gasteiger partial charge in [-0.1, -0.05) is 97.1 Å². The summed E-state index contributed by atoms with van der Waals surface area (Å²) in [7, 11) is 0. The molecular weight excluding hydrogens is 624 g/mol. The Bertz CT molecular complexity index is 1790. The van der Waals surface area contributed by atoms with E-state index < -0.39 is 5.41 Å². The lowest BCUT2D eigenvalue weighted by molar-refractivity contribution is 0.471. The summed E-state index contributed by atoms with van der Waals surface area (Å²) >= 11 is 6.97.